The van der Waals surface area contributed by atoms with E-state index < -0.39 is 5.41 Å². The lowest BCUT2D eigenvalue weighted by atomic mass is 9.86. The summed E-state index contributed by atoms with van der Waals surface area (Å²) in [6.45, 7) is 2.11. The molecule has 0 unspecified atom stereocenters. The lowest BCUT2D eigenvalue weighted by molar-refractivity contribution is -0.119. The standard InChI is InChI=1S/C18H24ClN5O3/c1-22(2)17(27)24-8-7-23(11-18(12-24)9-15(25)20-10-18)16(26)21-14-5-3-13(19)4-6-14/h3-6H,7-12H2,1-2H3,(H,20,25)(H,21,26)/t18-/m0/s1. The van der Waals surface area contributed by atoms with Crippen LogP contribution in [0.2, 0.25) is 5.02 Å². The van der Waals surface area contributed by atoms with E-state index in [0.717, 1.165) is 0 Å². The Kier molecular flexibility index (Phi) is 5.46. The van der Waals surface area contributed by atoms with Crippen LogP contribution in [0.3, 0.4) is 0 Å². The zero-order chi connectivity index (χ0) is 19.6. The molecule has 8 nitrogen and oxygen atoms in total. The first-order valence-corrected chi connectivity index (χ1v) is 9.20. The summed E-state index contributed by atoms with van der Waals surface area (Å²) in [7, 11) is 3.39. The minimum atomic E-state index is -0.476. The Hall–Kier alpha value is -2.48. The van der Waals surface area contributed by atoms with Gasteiger partial charge >= 0.3 is 12.1 Å². The second kappa shape index (κ2) is 7.64. The van der Waals surface area contributed by atoms with Crippen molar-refractivity contribution in [1.29, 1.82) is 0 Å². The lowest BCUT2D eigenvalue weighted by Crippen LogP contribution is -2.47. The van der Waals surface area contributed by atoms with Gasteiger partial charge in [0, 0.05) is 69.4 Å². The first-order chi connectivity index (χ1) is 12.8. The number of rotatable bonds is 1. The van der Waals surface area contributed by atoms with E-state index in [4.69, 9.17) is 11.6 Å². The number of hydrogen-bond acceptors (Lipinski definition) is 3. The summed E-state index contributed by atoms with van der Waals surface area (Å²) in [5.41, 5.74) is 0.167. The number of urea groups is 2. The Morgan fingerprint density at radius 2 is 1.78 bits per heavy atom. The molecule has 5 amide bonds. The molecule has 2 N–H and O–H groups in total. The first-order valence-electron chi connectivity index (χ1n) is 8.82. The summed E-state index contributed by atoms with van der Waals surface area (Å²) in [5.74, 6) is -0.0489. The zero-order valence-corrected chi connectivity index (χ0v) is 16.3. The molecule has 1 aromatic rings. The third kappa shape index (κ3) is 4.44. The third-order valence-corrected chi connectivity index (χ3v) is 5.18. The van der Waals surface area contributed by atoms with Crippen molar-refractivity contribution < 1.29 is 14.4 Å². The molecule has 0 aromatic heterocycles. The second-order valence-corrected chi connectivity index (χ2v) is 7.85. The van der Waals surface area contributed by atoms with Crippen molar-refractivity contribution in [3.8, 4) is 0 Å². The normalized spacial score (nSPS) is 22.4. The largest absolute Gasteiger partial charge is 0.355 e. The Labute approximate surface area is 163 Å². The number of nitrogens with one attached hydrogen (secondary N) is 2. The van der Waals surface area contributed by atoms with Crippen molar-refractivity contribution in [2.45, 2.75) is 6.42 Å². The maximum atomic E-state index is 12.8. The molecule has 2 fully saturated rings. The number of carbonyl (C=O) groups excluding carboxylic acids is 3. The van der Waals surface area contributed by atoms with Crippen LogP contribution in [0.15, 0.2) is 24.3 Å². The average Bonchev–Trinajstić information content (AvgIpc) is 2.87. The van der Waals surface area contributed by atoms with E-state index in [9.17, 15) is 14.4 Å². The number of amides is 5. The molecule has 0 aliphatic carbocycles. The predicted molar refractivity (Wildman–Crippen MR) is 103 cm³/mol. The number of hydrogen-bond donors (Lipinski definition) is 2. The van der Waals surface area contributed by atoms with Crippen LogP contribution >= 0.6 is 11.6 Å². The van der Waals surface area contributed by atoms with Gasteiger partial charge in [0.05, 0.1) is 0 Å². The predicted octanol–water partition coefficient (Wildman–Crippen LogP) is 1.68. The van der Waals surface area contributed by atoms with E-state index in [0.29, 0.717) is 49.9 Å². The molecule has 2 aliphatic rings. The monoisotopic (exact) mass is 393 g/mol. The van der Waals surface area contributed by atoms with Crippen LogP contribution in [-0.4, -0.2) is 79.5 Å². The fourth-order valence-corrected chi connectivity index (χ4v) is 3.72. The van der Waals surface area contributed by atoms with E-state index in [1.807, 2.05) is 0 Å². The molecule has 0 saturated carbocycles. The van der Waals surface area contributed by atoms with Crippen molar-refractivity contribution in [2.75, 3.05) is 52.1 Å². The molecule has 0 bridgehead atoms. The van der Waals surface area contributed by atoms with Gasteiger partial charge in [-0.05, 0) is 24.3 Å². The van der Waals surface area contributed by atoms with Gasteiger partial charge in [-0.25, -0.2) is 9.59 Å². The Morgan fingerprint density at radius 3 is 2.37 bits per heavy atom. The summed E-state index contributed by atoms with van der Waals surface area (Å²) >= 11 is 5.88. The van der Waals surface area contributed by atoms with Crippen LogP contribution in [-0.2, 0) is 4.79 Å². The van der Waals surface area contributed by atoms with E-state index in [-0.39, 0.29) is 18.0 Å². The fourth-order valence-electron chi connectivity index (χ4n) is 3.59. The summed E-state index contributed by atoms with van der Waals surface area (Å²) in [6.07, 6.45) is 0.301. The minimum absolute atomic E-state index is 0.0489. The maximum Gasteiger partial charge on any atom is 0.321 e. The topological polar surface area (TPSA) is 85.0 Å². The van der Waals surface area contributed by atoms with Crippen molar-refractivity contribution in [3.63, 3.8) is 0 Å². The van der Waals surface area contributed by atoms with E-state index >= 15 is 0 Å². The molecule has 2 aliphatic heterocycles. The van der Waals surface area contributed by atoms with Gasteiger partial charge in [-0.15, -0.1) is 0 Å². The third-order valence-electron chi connectivity index (χ3n) is 4.92. The molecule has 1 aromatic carbocycles. The summed E-state index contributed by atoms with van der Waals surface area (Å²) in [6, 6.07) is 6.51. The van der Waals surface area contributed by atoms with Gasteiger partial charge in [0.15, 0.2) is 0 Å². The van der Waals surface area contributed by atoms with Crippen LogP contribution in [0.5, 0.6) is 0 Å². The van der Waals surface area contributed by atoms with Crippen LogP contribution in [0.4, 0.5) is 15.3 Å². The molecule has 1 atom stereocenters. The molecular weight excluding hydrogens is 370 g/mol. The molecule has 3 rings (SSSR count). The van der Waals surface area contributed by atoms with E-state index in [1.165, 1.54) is 4.90 Å². The quantitative estimate of drug-likeness (QED) is 0.761. The number of nitrogens with zero attached hydrogens (tertiary/aromatic N) is 3. The molecular formula is C18H24ClN5O3. The van der Waals surface area contributed by atoms with Gasteiger partial charge < -0.3 is 25.3 Å². The van der Waals surface area contributed by atoms with Crippen molar-refractivity contribution >= 4 is 35.3 Å². The highest BCUT2D eigenvalue weighted by molar-refractivity contribution is 6.30. The van der Waals surface area contributed by atoms with Crippen molar-refractivity contribution in [3.05, 3.63) is 29.3 Å². The van der Waals surface area contributed by atoms with Crippen LogP contribution in [0.25, 0.3) is 0 Å². The van der Waals surface area contributed by atoms with Crippen LogP contribution in [0, 0.1) is 5.41 Å². The SMILES string of the molecule is CN(C)C(=O)N1CCN(C(=O)Nc2ccc(Cl)cc2)C[C@]2(CNC(=O)C2)C1. The molecule has 9 heteroatoms. The zero-order valence-electron chi connectivity index (χ0n) is 15.5. The van der Waals surface area contributed by atoms with Crippen molar-refractivity contribution in [1.82, 2.24) is 20.0 Å². The molecule has 2 saturated heterocycles. The highest BCUT2D eigenvalue weighted by atomic mass is 35.5. The first kappa shape index (κ1) is 19.3. The highest BCUT2D eigenvalue weighted by Gasteiger charge is 2.45. The number of carbonyl (C=O) groups is 3. The summed E-state index contributed by atoms with van der Waals surface area (Å²) < 4.78 is 0. The summed E-state index contributed by atoms with van der Waals surface area (Å²) in [4.78, 5) is 42.1. The Balaban J connectivity index is 1.77. The lowest BCUT2D eigenvalue weighted by Gasteiger charge is -2.33. The van der Waals surface area contributed by atoms with E-state index in [1.54, 1.807) is 48.2 Å². The van der Waals surface area contributed by atoms with Gasteiger partial charge in [0.25, 0.3) is 0 Å². The van der Waals surface area contributed by atoms with Gasteiger partial charge in [0.2, 0.25) is 5.91 Å². The Bertz CT molecular complexity index is 739. The van der Waals surface area contributed by atoms with Gasteiger partial charge in [0.1, 0.15) is 0 Å². The smallest absolute Gasteiger partial charge is 0.321 e. The van der Waals surface area contributed by atoms with E-state index in [2.05, 4.69) is 10.6 Å². The molecule has 0 radical (unpaired) electrons. The number of benzene rings is 1. The maximum absolute atomic E-state index is 12.8. The number of anilines is 1. The highest BCUT2D eigenvalue weighted by Crippen LogP contribution is 2.31. The Morgan fingerprint density at radius 1 is 1.15 bits per heavy atom. The molecule has 2 heterocycles. The minimum Gasteiger partial charge on any atom is -0.355 e. The van der Waals surface area contributed by atoms with Crippen LogP contribution < -0.4 is 10.6 Å². The molecule has 146 valence electrons. The van der Waals surface area contributed by atoms with Gasteiger partial charge in [-0.1, -0.05) is 11.6 Å². The van der Waals surface area contributed by atoms with Crippen molar-refractivity contribution in [2.24, 2.45) is 5.41 Å². The van der Waals surface area contributed by atoms with Crippen LogP contribution in [0.1, 0.15) is 6.42 Å². The second-order valence-electron chi connectivity index (χ2n) is 7.41. The van der Waals surface area contributed by atoms with Gasteiger partial charge in [-0.3, -0.25) is 4.79 Å². The van der Waals surface area contributed by atoms with Gasteiger partial charge in [-0.2, -0.15) is 0 Å². The fraction of sp³-hybridized carbons (Fsp3) is 0.500. The molecule has 27 heavy (non-hydrogen) atoms. The summed E-state index contributed by atoms with van der Waals surface area (Å²) in [5, 5.41) is 6.30. The average molecular weight is 394 g/mol. The number of halogens is 1. The molecule has 1 spiro atoms.